The van der Waals surface area contributed by atoms with Gasteiger partial charge in [-0.25, -0.2) is 0 Å². The summed E-state index contributed by atoms with van der Waals surface area (Å²) in [7, 11) is 0. The second-order valence-electron chi connectivity index (χ2n) is 4.75. The smallest absolute Gasteiger partial charge is 0.227 e. The molecule has 1 amide bonds. The van der Waals surface area contributed by atoms with Gasteiger partial charge in [-0.2, -0.15) is 23.1 Å². The van der Waals surface area contributed by atoms with Crippen LogP contribution in [0.1, 0.15) is 18.4 Å². The van der Waals surface area contributed by atoms with Gasteiger partial charge in [0.25, 0.3) is 0 Å². The lowest BCUT2D eigenvalue weighted by Gasteiger charge is -2.40. The van der Waals surface area contributed by atoms with Crippen molar-refractivity contribution in [2.45, 2.75) is 24.0 Å². The van der Waals surface area contributed by atoms with Gasteiger partial charge >= 0.3 is 0 Å². The Labute approximate surface area is 127 Å². The molecule has 104 valence electrons. The molecule has 6 heteroatoms. The first-order chi connectivity index (χ1) is 9.07. The maximum Gasteiger partial charge on any atom is 0.227 e. The van der Waals surface area contributed by atoms with Gasteiger partial charge in [0.05, 0.1) is 16.2 Å². The van der Waals surface area contributed by atoms with Crippen LogP contribution in [0, 0.1) is 0 Å². The van der Waals surface area contributed by atoms with Crippen LogP contribution in [0.5, 0.6) is 0 Å². The number of thiophene rings is 1. The Bertz CT molecular complexity index is 450. The molecule has 2 heterocycles. The van der Waals surface area contributed by atoms with Gasteiger partial charge in [0.15, 0.2) is 0 Å². The van der Waals surface area contributed by atoms with Gasteiger partial charge in [-0.3, -0.25) is 4.79 Å². The van der Waals surface area contributed by atoms with E-state index in [4.69, 9.17) is 18.0 Å². The number of piperidine rings is 1. The highest BCUT2D eigenvalue weighted by atomic mass is 32.2. The zero-order chi connectivity index (χ0) is 13.9. The van der Waals surface area contributed by atoms with Crippen molar-refractivity contribution in [1.82, 2.24) is 4.90 Å². The summed E-state index contributed by atoms with van der Waals surface area (Å²) in [5.74, 6) is 0.205. The summed E-state index contributed by atoms with van der Waals surface area (Å²) in [6.07, 6.45) is 4.27. The number of carbonyl (C=O) groups is 1. The molecule has 1 aliphatic heterocycles. The second-order valence-corrected chi connectivity index (χ2v) is 7.16. The lowest BCUT2D eigenvalue weighted by atomic mass is 9.95. The molecule has 19 heavy (non-hydrogen) atoms. The molecular weight excluding hydrogens is 296 g/mol. The van der Waals surface area contributed by atoms with E-state index in [1.807, 2.05) is 28.0 Å². The predicted octanol–water partition coefficient (Wildman–Crippen LogP) is 2.30. The first-order valence-electron chi connectivity index (χ1n) is 6.21. The number of thioether (sulfide) groups is 1. The summed E-state index contributed by atoms with van der Waals surface area (Å²) in [6.45, 7) is 1.50. The van der Waals surface area contributed by atoms with Crippen molar-refractivity contribution >= 4 is 46.2 Å². The molecule has 1 saturated heterocycles. The predicted molar refractivity (Wildman–Crippen MR) is 86.9 cm³/mol. The highest BCUT2D eigenvalue weighted by Gasteiger charge is 2.37. The van der Waals surface area contributed by atoms with Crippen molar-refractivity contribution in [3.05, 3.63) is 22.4 Å². The highest BCUT2D eigenvalue weighted by Crippen LogP contribution is 2.35. The maximum absolute atomic E-state index is 12.2. The van der Waals surface area contributed by atoms with Crippen molar-refractivity contribution in [2.24, 2.45) is 5.73 Å². The van der Waals surface area contributed by atoms with Gasteiger partial charge < -0.3 is 10.6 Å². The Hall–Kier alpha value is -0.590. The van der Waals surface area contributed by atoms with Crippen LogP contribution >= 0.6 is 35.3 Å². The summed E-state index contributed by atoms with van der Waals surface area (Å²) in [6, 6.07) is 2.01. The fourth-order valence-corrected chi connectivity index (χ4v) is 4.26. The van der Waals surface area contributed by atoms with Crippen molar-refractivity contribution in [2.75, 3.05) is 19.3 Å². The van der Waals surface area contributed by atoms with Crippen LogP contribution in [0.3, 0.4) is 0 Å². The highest BCUT2D eigenvalue weighted by molar-refractivity contribution is 8.02. The maximum atomic E-state index is 12.2. The molecule has 1 aromatic rings. The van der Waals surface area contributed by atoms with Gasteiger partial charge in [-0.15, -0.1) is 0 Å². The summed E-state index contributed by atoms with van der Waals surface area (Å²) in [5, 5.41) is 4.04. The van der Waals surface area contributed by atoms with E-state index in [2.05, 4.69) is 0 Å². The number of likely N-dealkylation sites (tertiary alicyclic amines) is 1. The average molecular weight is 315 g/mol. The summed E-state index contributed by atoms with van der Waals surface area (Å²) in [5.41, 5.74) is 6.96. The third-order valence-electron chi connectivity index (χ3n) is 3.70. The van der Waals surface area contributed by atoms with E-state index in [0.29, 0.717) is 11.4 Å². The minimum atomic E-state index is -0.117. The monoisotopic (exact) mass is 314 g/mol. The SMILES string of the molecule is CSC1(C(N)=S)CCN(C(=O)Cc2ccsc2)CC1. The topological polar surface area (TPSA) is 46.3 Å². The summed E-state index contributed by atoms with van der Waals surface area (Å²) < 4.78 is -0.117. The largest absolute Gasteiger partial charge is 0.392 e. The normalized spacial score (nSPS) is 18.3. The molecule has 0 saturated carbocycles. The van der Waals surface area contributed by atoms with Gasteiger partial charge in [-0.1, -0.05) is 12.2 Å². The number of rotatable bonds is 4. The van der Waals surface area contributed by atoms with Gasteiger partial charge in [0, 0.05) is 13.1 Å². The van der Waals surface area contributed by atoms with Crippen molar-refractivity contribution < 1.29 is 4.79 Å². The van der Waals surface area contributed by atoms with E-state index >= 15 is 0 Å². The molecule has 0 radical (unpaired) electrons. The first kappa shape index (κ1) is 14.8. The lowest BCUT2D eigenvalue weighted by Crippen LogP contribution is -2.50. The molecule has 0 spiro atoms. The minimum Gasteiger partial charge on any atom is -0.392 e. The molecule has 1 aliphatic rings. The zero-order valence-corrected chi connectivity index (χ0v) is 13.4. The van der Waals surface area contributed by atoms with Crippen LogP contribution in [0.4, 0.5) is 0 Å². The van der Waals surface area contributed by atoms with E-state index < -0.39 is 0 Å². The molecule has 1 aromatic heterocycles. The Morgan fingerprint density at radius 2 is 2.26 bits per heavy atom. The van der Waals surface area contributed by atoms with Crippen molar-refractivity contribution in [3.8, 4) is 0 Å². The number of hydrogen-bond donors (Lipinski definition) is 1. The van der Waals surface area contributed by atoms with Crippen LogP contribution in [0.25, 0.3) is 0 Å². The Morgan fingerprint density at radius 3 is 2.74 bits per heavy atom. The van der Waals surface area contributed by atoms with Crippen LogP contribution in [0.2, 0.25) is 0 Å². The average Bonchev–Trinajstić information content (AvgIpc) is 2.91. The lowest BCUT2D eigenvalue weighted by molar-refractivity contribution is -0.131. The third-order valence-corrected chi connectivity index (χ3v) is 6.36. The number of hydrogen-bond acceptors (Lipinski definition) is 4. The van der Waals surface area contributed by atoms with Crippen LogP contribution in [-0.4, -0.2) is 39.9 Å². The summed E-state index contributed by atoms with van der Waals surface area (Å²) in [4.78, 5) is 14.7. The number of nitrogens with two attached hydrogens (primary N) is 1. The first-order valence-corrected chi connectivity index (χ1v) is 8.79. The fourth-order valence-electron chi connectivity index (χ4n) is 2.35. The van der Waals surface area contributed by atoms with E-state index in [0.717, 1.165) is 31.5 Å². The number of amides is 1. The molecule has 2 rings (SSSR count). The Kier molecular flexibility index (Phi) is 4.86. The van der Waals surface area contributed by atoms with Gasteiger partial charge in [0.2, 0.25) is 5.91 Å². The molecule has 2 N–H and O–H groups in total. The van der Waals surface area contributed by atoms with E-state index in [1.54, 1.807) is 23.1 Å². The molecule has 3 nitrogen and oxygen atoms in total. The number of carbonyl (C=O) groups excluding carboxylic acids is 1. The molecule has 0 aromatic carbocycles. The van der Waals surface area contributed by atoms with Crippen LogP contribution in [0.15, 0.2) is 16.8 Å². The standard InChI is InChI=1S/C13H18N2OS3/c1-18-13(12(14)17)3-5-15(6-4-13)11(16)8-10-2-7-19-9-10/h2,7,9H,3-6,8H2,1H3,(H2,14,17). The number of thiocarbonyl (C=S) groups is 1. The minimum absolute atomic E-state index is 0.117. The Balaban J connectivity index is 1.92. The van der Waals surface area contributed by atoms with Crippen LogP contribution in [-0.2, 0) is 11.2 Å². The zero-order valence-electron chi connectivity index (χ0n) is 10.9. The summed E-state index contributed by atoms with van der Waals surface area (Å²) >= 11 is 8.53. The van der Waals surface area contributed by atoms with Gasteiger partial charge in [-0.05, 0) is 41.5 Å². The molecule has 0 aliphatic carbocycles. The quantitative estimate of drug-likeness (QED) is 0.866. The molecule has 0 unspecified atom stereocenters. The Morgan fingerprint density at radius 1 is 1.58 bits per heavy atom. The molecular formula is C13H18N2OS3. The molecule has 0 bridgehead atoms. The fraction of sp³-hybridized carbons (Fsp3) is 0.538. The van der Waals surface area contributed by atoms with E-state index in [9.17, 15) is 4.79 Å². The van der Waals surface area contributed by atoms with Gasteiger partial charge in [0.1, 0.15) is 0 Å². The molecule has 1 fully saturated rings. The molecule has 0 atom stereocenters. The second kappa shape index (κ2) is 6.24. The van der Waals surface area contributed by atoms with E-state index in [1.165, 1.54) is 0 Å². The van der Waals surface area contributed by atoms with Crippen molar-refractivity contribution in [3.63, 3.8) is 0 Å². The number of nitrogens with zero attached hydrogens (tertiary/aromatic N) is 1. The van der Waals surface area contributed by atoms with E-state index in [-0.39, 0.29) is 10.7 Å². The van der Waals surface area contributed by atoms with Crippen LogP contribution < -0.4 is 5.73 Å². The van der Waals surface area contributed by atoms with Crippen molar-refractivity contribution in [1.29, 1.82) is 0 Å². The third kappa shape index (κ3) is 3.30.